The van der Waals surface area contributed by atoms with Crippen LogP contribution in [-0.2, 0) is 9.53 Å². The Hall–Kier alpha value is -2.62. The van der Waals surface area contributed by atoms with Gasteiger partial charge in [0.2, 0.25) is 0 Å². The number of rotatable bonds is 4. The van der Waals surface area contributed by atoms with Crippen LogP contribution in [0.4, 0.5) is 0 Å². The number of hydrogen-bond donors (Lipinski definition) is 0. The maximum Gasteiger partial charge on any atom is 0.335 e. The van der Waals surface area contributed by atoms with Crippen LogP contribution in [0.15, 0.2) is 60.8 Å². The van der Waals surface area contributed by atoms with E-state index in [0.29, 0.717) is 6.61 Å². The van der Waals surface area contributed by atoms with Gasteiger partial charge in [-0.25, -0.2) is 9.48 Å². The molecule has 2 aromatic carbocycles. The number of carbonyl (C=O) groups excluding carboxylic acids is 1. The molecule has 0 aliphatic carbocycles. The van der Waals surface area contributed by atoms with Crippen molar-refractivity contribution in [3.63, 3.8) is 0 Å². The van der Waals surface area contributed by atoms with Crippen LogP contribution in [0.2, 0.25) is 0 Å². The Bertz CT molecular complexity index is 750. The fraction of sp³-hybridized carbons (Fsp3) is 0.176. The molecule has 1 atom stereocenters. The largest absolute Gasteiger partial charge is 0.464 e. The Labute approximate surface area is 123 Å². The quantitative estimate of drug-likeness (QED) is 0.689. The average molecular weight is 280 g/mol. The van der Waals surface area contributed by atoms with Crippen molar-refractivity contribution in [3.8, 4) is 0 Å². The molecule has 0 saturated heterocycles. The predicted molar refractivity (Wildman–Crippen MR) is 80.9 cm³/mol. The first-order valence-corrected chi connectivity index (χ1v) is 6.95. The van der Waals surface area contributed by atoms with E-state index in [9.17, 15) is 4.79 Å². The van der Waals surface area contributed by atoms with Crippen LogP contribution in [0.5, 0.6) is 0 Å². The minimum Gasteiger partial charge on any atom is -0.464 e. The maximum absolute atomic E-state index is 12.4. The average Bonchev–Trinajstić information content (AvgIpc) is 2.93. The summed E-state index contributed by atoms with van der Waals surface area (Å²) in [4.78, 5) is 12.4. The molecular formula is C17H16N2O2. The minimum absolute atomic E-state index is 0.294. The zero-order chi connectivity index (χ0) is 14.7. The van der Waals surface area contributed by atoms with Crippen molar-refractivity contribution in [2.24, 2.45) is 0 Å². The van der Waals surface area contributed by atoms with E-state index >= 15 is 0 Å². The molecule has 0 bridgehead atoms. The third-order valence-corrected chi connectivity index (χ3v) is 3.37. The van der Waals surface area contributed by atoms with Crippen molar-refractivity contribution < 1.29 is 9.53 Å². The first-order valence-electron chi connectivity index (χ1n) is 6.95. The smallest absolute Gasteiger partial charge is 0.335 e. The van der Waals surface area contributed by atoms with Crippen LogP contribution in [0.1, 0.15) is 18.5 Å². The number of esters is 1. The summed E-state index contributed by atoms with van der Waals surface area (Å²) in [5, 5.41) is 5.39. The van der Waals surface area contributed by atoms with Gasteiger partial charge in [-0.05, 0) is 18.6 Å². The van der Waals surface area contributed by atoms with E-state index < -0.39 is 6.04 Å². The Balaban J connectivity index is 2.13. The molecule has 0 N–H and O–H groups in total. The van der Waals surface area contributed by atoms with E-state index in [4.69, 9.17) is 4.74 Å². The lowest BCUT2D eigenvalue weighted by Gasteiger charge is -2.17. The first-order chi connectivity index (χ1) is 10.3. The number of nitrogens with zero attached hydrogens (tertiary/aromatic N) is 2. The van der Waals surface area contributed by atoms with E-state index in [1.165, 1.54) is 0 Å². The fourth-order valence-corrected chi connectivity index (χ4v) is 2.43. The first kappa shape index (κ1) is 13.4. The Morgan fingerprint density at radius 1 is 1.14 bits per heavy atom. The summed E-state index contributed by atoms with van der Waals surface area (Å²) in [7, 11) is 0. The molecule has 0 radical (unpaired) electrons. The third kappa shape index (κ3) is 2.52. The molecular weight excluding hydrogens is 264 g/mol. The number of carbonyl (C=O) groups is 1. The van der Waals surface area contributed by atoms with Gasteiger partial charge in [0.15, 0.2) is 6.04 Å². The van der Waals surface area contributed by atoms with Crippen LogP contribution in [-0.4, -0.2) is 22.4 Å². The van der Waals surface area contributed by atoms with Crippen LogP contribution in [0, 0.1) is 0 Å². The molecule has 1 heterocycles. The van der Waals surface area contributed by atoms with Gasteiger partial charge in [0.05, 0.1) is 18.3 Å². The summed E-state index contributed by atoms with van der Waals surface area (Å²) in [6, 6.07) is 16.8. The van der Waals surface area contributed by atoms with Crippen LogP contribution in [0.3, 0.4) is 0 Å². The molecule has 3 rings (SSSR count). The van der Waals surface area contributed by atoms with Gasteiger partial charge in [-0.2, -0.15) is 5.10 Å². The number of ether oxygens (including phenoxy) is 1. The SMILES string of the molecule is CCOC(=O)C(c1ccccc1)n1ncc2ccccc21. The number of aromatic nitrogens is 2. The third-order valence-electron chi connectivity index (χ3n) is 3.37. The summed E-state index contributed by atoms with van der Waals surface area (Å²) >= 11 is 0. The van der Waals surface area contributed by atoms with Crippen molar-refractivity contribution in [2.45, 2.75) is 13.0 Å². The second-order valence-corrected chi connectivity index (χ2v) is 4.71. The molecule has 0 aliphatic heterocycles. The van der Waals surface area contributed by atoms with Crippen LogP contribution >= 0.6 is 0 Å². The number of benzene rings is 2. The lowest BCUT2D eigenvalue weighted by atomic mass is 10.1. The maximum atomic E-state index is 12.4. The minimum atomic E-state index is -0.564. The van der Waals surface area contributed by atoms with Gasteiger partial charge >= 0.3 is 5.97 Å². The van der Waals surface area contributed by atoms with Crippen molar-refractivity contribution in [2.75, 3.05) is 6.61 Å². The molecule has 0 amide bonds. The summed E-state index contributed by atoms with van der Waals surface area (Å²) in [6.45, 7) is 2.16. The van der Waals surface area contributed by atoms with Crippen LogP contribution in [0.25, 0.3) is 10.9 Å². The highest BCUT2D eigenvalue weighted by Crippen LogP contribution is 2.24. The summed E-state index contributed by atoms with van der Waals surface area (Å²) in [5.41, 5.74) is 1.78. The molecule has 4 nitrogen and oxygen atoms in total. The van der Waals surface area contributed by atoms with Gasteiger partial charge in [0.25, 0.3) is 0 Å². The van der Waals surface area contributed by atoms with Crippen molar-refractivity contribution in [1.82, 2.24) is 9.78 Å². The molecule has 1 aromatic heterocycles. The van der Waals surface area contributed by atoms with E-state index in [2.05, 4.69) is 5.10 Å². The zero-order valence-electron chi connectivity index (χ0n) is 11.8. The topological polar surface area (TPSA) is 44.1 Å². The Morgan fingerprint density at radius 2 is 1.86 bits per heavy atom. The summed E-state index contributed by atoms with van der Waals surface area (Å²) < 4.78 is 6.96. The molecule has 0 spiro atoms. The standard InChI is InChI=1S/C17H16N2O2/c1-2-21-17(20)16(13-8-4-3-5-9-13)19-15-11-7-6-10-14(15)12-18-19/h3-12,16H,2H2,1H3. The van der Waals surface area contributed by atoms with Crippen molar-refractivity contribution in [1.29, 1.82) is 0 Å². The lowest BCUT2D eigenvalue weighted by Crippen LogP contribution is -2.24. The summed E-state index contributed by atoms with van der Waals surface area (Å²) in [6.07, 6.45) is 1.77. The highest BCUT2D eigenvalue weighted by atomic mass is 16.5. The van der Waals surface area contributed by atoms with Gasteiger partial charge in [-0.15, -0.1) is 0 Å². The van der Waals surface area contributed by atoms with Crippen molar-refractivity contribution >= 4 is 16.9 Å². The lowest BCUT2D eigenvalue weighted by molar-refractivity contribution is -0.145. The second-order valence-electron chi connectivity index (χ2n) is 4.71. The van der Waals surface area contributed by atoms with Gasteiger partial charge in [0, 0.05) is 5.39 Å². The molecule has 106 valence electrons. The highest BCUT2D eigenvalue weighted by Gasteiger charge is 2.25. The molecule has 21 heavy (non-hydrogen) atoms. The molecule has 0 saturated carbocycles. The molecule has 1 unspecified atom stereocenters. The zero-order valence-corrected chi connectivity index (χ0v) is 11.8. The van der Waals surface area contributed by atoms with E-state index in [0.717, 1.165) is 16.5 Å². The van der Waals surface area contributed by atoms with Gasteiger partial charge < -0.3 is 4.74 Å². The highest BCUT2D eigenvalue weighted by molar-refractivity contribution is 5.84. The molecule has 0 fully saturated rings. The van der Waals surface area contributed by atoms with Gasteiger partial charge in [-0.1, -0.05) is 48.5 Å². The van der Waals surface area contributed by atoms with E-state index in [-0.39, 0.29) is 5.97 Å². The van der Waals surface area contributed by atoms with Crippen LogP contribution < -0.4 is 0 Å². The second kappa shape index (κ2) is 5.79. The Kier molecular flexibility index (Phi) is 3.69. The van der Waals surface area contributed by atoms with Gasteiger partial charge in [-0.3, -0.25) is 0 Å². The number of para-hydroxylation sites is 1. The van der Waals surface area contributed by atoms with Crippen molar-refractivity contribution in [3.05, 3.63) is 66.4 Å². The summed E-state index contributed by atoms with van der Waals surface area (Å²) in [5.74, 6) is -0.294. The monoisotopic (exact) mass is 280 g/mol. The van der Waals surface area contributed by atoms with Gasteiger partial charge in [0.1, 0.15) is 0 Å². The number of hydrogen-bond acceptors (Lipinski definition) is 3. The fourth-order valence-electron chi connectivity index (χ4n) is 2.43. The van der Waals surface area contributed by atoms with E-state index in [1.54, 1.807) is 17.8 Å². The molecule has 4 heteroatoms. The normalized spacial score (nSPS) is 12.2. The molecule has 0 aliphatic rings. The number of fused-ring (bicyclic) bond motifs is 1. The molecule has 3 aromatic rings. The van der Waals surface area contributed by atoms with E-state index in [1.807, 2.05) is 54.6 Å². The predicted octanol–water partition coefficient (Wildman–Crippen LogP) is 3.19. The Morgan fingerprint density at radius 3 is 2.62 bits per heavy atom.